The number of carbonyl (C=O) groups is 3. The van der Waals surface area contributed by atoms with Crippen LogP contribution in [0.4, 0.5) is 0 Å². The number of ether oxygens (including phenoxy) is 1. The van der Waals surface area contributed by atoms with Gasteiger partial charge >= 0.3 is 0 Å². The third kappa shape index (κ3) is 4.39. The molecule has 5 atom stereocenters. The number of rotatable bonds is 6. The molecule has 224 valence electrons. The summed E-state index contributed by atoms with van der Waals surface area (Å²) < 4.78 is 6.09. The van der Waals surface area contributed by atoms with Crippen molar-refractivity contribution < 1.29 is 24.2 Å². The van der Waals surface area contributed by atoms with E-state index in [-0.39, 0.29) is 30.8 Å². The van der Waals surface area contributed by atoms with Crippen LogP contribution in [-0.4, -0.2) is 92.9 Å². The van der Waals surface area contributed by atoms with Crippen LogP contribution in [0.1, 0.15) is 37.0 Å². The lowest BCUT2D eigenvalue weighted by molar-refractivity contribution is -0.296. The molecule has 43 heavy (non-hydrogen) atoms. The zero-order valence-corrected chi connectivity index (χ0v) is 24.7. The zero-order valence-electron chi connectivity index (χ0n) is 24.7. The number of carbonyl (C=O) groups excluding carboxylic acids is 3. The molecular formula is C33H37N5O5. The number of likely N-dealkylation sites (N-methyl/N-ethyl adjacent to an activating group) is 1. The van der Waals surface area contributed by atoms with Crippen molar-refractivity contribution in [1.82, 2.24) is 25.0 Å². The Morgan fingerprint density at radius 1 is 1.16 bits per heavy atom. The molecule has 4 heterocycles. The summed E-state index contributed by atoms with van der Waals surface area (Å²) >= 11 is 0. The second-order valence-electron chi connectivity index (χ2n) is 12.4. The highest BCUT2D eigenvalue weighted by atomic mass is 16.7. The summed E-state index contributed by atoms with van der Waals surface area (Å²) in [6.07, 6.45) is 5.83. The molecule has 2 aromatic carbocycles. The van der Waals surface area contributed by atoms with Crippen LogP contribution in [0.25, 0.3) is 16.5 Å². The number of H-pyrrole nitrogens is 1. The van der Waals surface area contributed by atoms with Crippen molar-refractivity contribution in [3.05, 3.63) is 77.5 Å². The zero-order chi connectivity index (χ0) is 30.1. The number of hydrogen-bond donors (Lipinski definition) is 3. The molecule has 0 radical (unpaired) electrons. The van der Waals surface area contributed by atoms with E-state index < -0.39 is 29.5 Å². The van der Waals surface area contributed by atoms with E-state index in [1.807, 2.05) is 56.4 Å². The summed E-state index contributed by atoms with van der Waals surface area (Å²) in [7, 11) is 2.01. The first kappa shape index (κ1) is 27.8. The number of nitrogens with zero attached hydrogens (tertiary/aromatic N) is 3. The number of β-amino-alcohol motifs (C(OH)–C–C–N with tert-alkyl or cyclic N) is 1. The Morgan fingerprint density at radius 3 is 2.72 bits per heavy atom. The SMILES string of the molecule is CCCN1C[C@]2(O)O[C@@](C)(NC(=O)[C@@H]3C=C4c5cccc6[nH]cc(c56)C[C@H]4N(C)C3)C(=O)N2[C@@H](Cc2ccccc2)C1=O. The third-order valence-corrected chi connectivity index (χ3v) is 9.41. The third-order valence-electron chi connectivity index (χ3n) is 9.41. The molecule has 3 aromatic rings. The minimum absolute atomic E-state index is 0.141. The molecule has 3 aliphatic heterocycles. The van der Waals surface area contributed by atoms with Gasteiger partial charge in [0.25, 0.3) is 11.8 Å². The molecule has 2 saturated heterocycles. The highest BCUT2D eigenvalue weighted by Crippen LogP contribution is 2.42. The van der Waals surface area contributed by atoms with Crippen LogP contribution in [0.5, 0.6) is 0 Å². The van der Waals surface area contributed by atoms with Crippen LogP contribution in [0.2, 0.25) is 0 Å². The minimum atomic E-state index is -2.07. The first-order valence-electron chi connectivity index (χ1n) is 15.0. The lowest BCUT2D eigenvalue weighted by atomic mass is 9.79. The summed E-state index contributed by atoms with van der Waals surface area (Å²) in [5.74, 6) is -3.88. The van der Waals surface area contributed by atoms with Gasteiger partial charge in [-0.05, 0) is 55.1 Å². The van der Waals surface area contributed by atoms with E-state index in [0.717, 1.165) is 33.5 Å². The normalized spacial score (nSPS) is 30.3. The summed E-state index contributed by atoms with van der Waals surface area (Å²) in [6, 6.07) is 14.7. The Bertz CT molecular complexity index is 1650. The van der Waals surface area contributed by atoms with Crippen LogP contribution in [-0.2, 0) is 32.0 Å². The minimum Gasteiger partial charge on any atom is -0.361 e. The van der Waals surface area contributed by atoms with Crippen LogP contribution >= 0.6 is 0 Å². The second kappa shape index (κ2) is 10.0. The Hall–Kier alpha value is -3.99. The van der Waals surface area contributed by atoms with Gasteiger partial charge in [-0.15, -0.1) is 0 Å². The Balaban J connectivity index is 1.18. The Labute approximate surface area is 250 Å². The molecule has 1 aromatic heterocycles. The standard InChI is InChI=1S/C33H37N5O5/c1-4-13-37-19-33(42)38(27(30(37)40)14-20-9-6-5-7-10-20)31(41)32(2,43-33)35-29(39)22-15-24-23-11-8-12-25-28(23)21(17-34-25)16-26(24)36(3)18-22/h5-12,15,17,22,26-27,34,42H,4,13-14,16,18-19H2,1-3H3,(H,35,39)/t22-,26-,27+,32-,33+/m1/s1. The van der Waals surface area contributed by atoms with Crippen molar-refractivity contribution >= 4 is 34.2 Å². The summed E-state index contributed by atoms with van der Waals surface area (Å²) in [6.45, 7) is 4.11. The Kier molecular flexibility index (Phi) is 6.50. The number of hydrogen-bond acceptors (Lipinski definition) is 6. The highest BCUT2D eigenvalue weighted by molar-refractivity contribution is 6.00. The number of aliphatic hydroxyl groups is 1. The molecule has 0 spiro atoms. The van der Waals surface area contributed by atoms with Crippen molar-refractivity contribution in [1.29, 1.82) is 0 Å². The van der Waals surface area contributed by atoms with E-state index in [1.165, 1.54) is 17.9 Å². The molecule has 2 fully saturated rings. The molecule has 0 bridgehead atoms. The Morgan fingerprint density at radius 2 is 1.95 bits per heavy atom. The number of fused-ring (bicyclic) bond motifs is 3. The summed E-state index contributed by atoms with van der Waals surface area (Å²) in [4.78, 5) is 49.8. The number of piperazine rings is 1. The van der Waals surface area contributed by atoms with Gasteiger partial charge < -0.3 is 20.3 Å². The van der Waals surface area contributed by atoms with Crippen molar-refractivity contribution in [2.75, 3.05) is 26.7 Å². The van der Waals surface area contributed by atoms with E-state index in [1.54, 1.807) is 4.90 Å². The van der Waals surface area contributed by atoms with Crippen LogP contribution in [0, 0.1) is 5.92 Å². The van der Waals surface area contributed by atoms with E-state index in [4.69, 9.17) is 4.74 Å². The van der Waals surface area contributed by atoms with Gasteiger partial charge in [-0.1, -0.05) is 55.5 Å². The number of aromatic amines is 1. The topological polar surface area (TPSA) is 118 Å². The summed E-state index contributed by atoms with van der Waals surface area (Å²) in [5, 5.41) is 15.8. The fourth-order valence-electron chi connectivity index (χ4n) is 7.45. The predicted molar refractivity (Wildman–Crippen MR) is 160 cm³/mol. The molecule has 1 aliphatic carbocycles. The fraction of sp³-hybridized carbons (Fsp3) is 0.424. The van der Waals surface area contributed by atoms with Crippen molar-refractivity contribution in [2.45, 2.75) is 56.8 Å². The van der Waals surface area contributed by atoms with Gasteiger partial charge in [-0.3, -0.25) is 28.9 Å². The first-order chi connectivity index (χ1) is 20.6. The number of benzene rings is 2. The van der Waals surface area contributed by atoms with E-state index >= 15 is 0 Å². The van der Waals surface area contributed by atoms with Gasteiger partial charge in [-0.25, -0.2) is 0 Å². The van der Waals surface area contributed by atoms with Crippen molar-refractivity contribution in [3.63, 3.8) is 0 Å². The molecule has 3 amide bonds. The van der Waals surface area contributed by atoms with E-state index in [9.17, 15) is 19.5 Å². The van der Waals surface area contributed by atoms with E-state index in [0.29, 0.717) is 19.5 Å². The van der Waals surface area contributed by atoms with Gasteiger partial charge in [0.1, 0.15) is 6.04 Å². The van der Waals surface area contributed by atoms with Gasteiger partial charge in [-0.2, -0.15) is 0 Å². The fourth-order valence-corrected chi connectivity index (χ4v) is 7.45. The number of aromatic nitrogens is 1. The monoisotopic (exact) mass is 583 g/mol. The van der Waals surface area contributed by atoms with Gasteiger partial charge in [0, 0.05) is 42.7 Å². The van der Waals surface area contributed by atoms with Crippen LogP contribution < -0.4 is 5.32 Å². The van der Waals surface area contributed by atoms with Gasteiger partial charge in [0.2, 0.25) is 17.5 Å². The lowest BCUT2D eigenvalue weighted by Crippen LogP contribution is -2.68. The van der Waals surface area contributed by atoms with E-state index in [2.05, 4.69) is 33.5 Å². The largest absolute Gasteiger partial charge is 0.361 e. The average molecular weight is 584 g/mol. The molecule has 0 saturated carbocycles. The maximum absolute atomic E-state index is 14.0. The molecule has 3 N–H and O–H groups in total. The van der Waals surface area contributed by atoms with Crippen molar-refractivity contribution in [2.24, 2.45) is 5.92 Å². The number of amides is 3. The molecule has 10 heteroatoms. The quantitative estimate of drug-likeness (QED) is 0.410. The first-order valence-corrected chi connectivity index (χ1v) is 15.0. The maximum atomic E-state index is 14.0. The average Bonchev–Trinajstić information content (AvgIpc) is 3.48. The van der Waals surface area contributed by atoms with Crippen LogP contribution in [0.3, 0.4) is 0 Å². The predicted octanol–water partition coefficient (Wildman–Crippen LogP) is 2.24. The summed E-state index contributed by atoms with van der Waals surface area (Å²) in [5.41, 5.74) is 3.54. The number of nitrogens with one attached hydrogen (secondary N) is 2. The molecule has 0 unspecified atom stereocenters. The van der Waals surface area contributed by atoms with Gasteiger partial charge in [0.05, 0.1) is 12.5 Å². The molecule has 7 rings (SSSR count). The smallest absolute Gasteiger partial charge is 0.280 e. The molecule has 10 nitrogen and oxygen atoms in total. The lowest BCUT2D eigenvalue weighted by Gasteiger charge is -2.45. The van der Waals surface area contributed by atoms with Crippen molar-refractivity contribution in [3.8, 4) is 0 Å². The second-order valence-corrected chi connectivity index (χ2v) is 12.4. The highest BCUT2D eigenvalue weighted by Gasteiger charge is 2.65. The molecular weight excluding hydrogens is 546 g/mol. The van der Waals surface area contributed by atoms with Crippen LogP contribution in [0.15, 0.2) is 60.8 Å². The maximum Gasteiger partial charge on any atom is 0.280 e. The molecule has 4 aliphatic rings. The van der Waals surface area contributed by atoms with Gasteiger partial charge in [0.15, 0.2) is 0 Å².